The van der Waals surface area contributed by atoms with Crippen LogP contribution < -0.4 is 11.3 Å². The number of anilines is 1. The van der Waals surface area contributed by atoms with Crippen molar-refractivity contribution in [2.24, 2.45) is 0 Å². The minimum atomic E-state index is -1.23. The number of carbonyl (C=O) groups excluding carboxylic acids is 2. The summed E-state index contributed by atoms with van der Waals surface area (Å²) in [5, 5.41) is -0.137. The first kappa shape index (κ1) is 11.1. The maximum atomic E-state index is 13.1. The molecular weight excluding hydrogens is 282 g/mol. The van der Waals surface area contributed by atoms with E-state index in [1.807, 2.05) is 0 Å². The van der Waals surface area contributed by atoms with Gasteiger partial charge in [0.2, 0.25) is 0 Å². The number of carbonyl (C=O) groups is 2. The highest BCUT2D eigenvalue weighted by molar-refractivity contribution is 6.05. The van der Waals surface area contributed by atoms with E-state index < -0.39 is 23.2 Å². The van der Waals surface area contributed by atoms with Gasteiger partial charge < -0.3 is 5.73 Å². The molecule has 2 N–H and O–H groups in total. The van der Waals surface area contributed by atoms with E-state index in [2.05, 4.69) is 4.98 Å². The summed E-state index contributed by atoms with van der Waals surface area (Å²) in [5.74, 6) is -0.335. The van der Waals surface area contributed by atoms with Gasteiger partial charge in [0.1, 0.15) is 17.1 Å². The molecule has 6 heteroatoms. The van der Waals surface area contributed by atoms with Crippen molar-refractivity contribution in [3.05, 3.63) is 34.3 Å². The van der Waals surface area contributed by atoms with E-state index in [0.29, 0.717) is 0 Å². The number of Topliss-reactive ketones (excluding diaryl/α,β-unsaturated/α-hetero) is 2. The Kier molecular flexibility index (Phi) is 2.41. The van der Waals surface area contributed by atoms with Crippen LogP contribution in [0.5, 0.6) is 0 Å². The number of hydrogen-bond acceptors (Lipinski definition) is 5. The molecule has 1 aromatic carbocycles. The van der Waals surface area contributed by atoms with Crippen LogP contribution in [0.2, 0.25) is 0 Å². The SMILES string of the molecule is [2H]c1c([2H])c(N)c2c(=O)n(C3(C)CCC(=O)CC3=O)c(C)nc2c1[2H]. The summed E-state index contributed by atoms with van der Waals surface area (Å²) in [7, 11) is 0. The number of nitrogens with zero attached hydrogens (tertiary/aromatic N) is 2. The molecule has 0 spiro atoms. The van der Waals surface area contributed by atoms with Crippen molar-refractivity contribution < 1.29 is 13.7 Å². The van der Waals surface area contributed by atoms with Gasteiger partial charge in [0, 0.05) is 12.1 Å². The van der Waals surface area contributed by atoms with Crippen LogP contribution in [0.4, 0.5) is 5.69 Å². The molecule has 6 nitrogen and oxygen atoms in total. The molecule has 0 saturated heterocycles. The summed E-state index contributed by atoms with van der Waals surface area (Å²) in [5.41, 5.74) is 3.71. The highest BCUT2D eigenvalue weighted by Gasteiger charge is 2.41. The number of nitrogen functional groups attached to an aromatic ring is 1. The van der Waals surface area contributed by atoms with E-state index >= 15 is 0 Å². The van der Waals surface area contributed by atoms with Gasteiger partial charge >= 0.3 is 0 Å². The van der Waals surface area contributed by atoms with Crippen molar-refractivity contribution in [2.75, 3.05) is 5.73 Å². The van der Waals surface area contributed by atoms with Gasteiger partial charge in [-0.1, -0.05) is 6.04 Å². The van der Waals surface area contributed by atoms with E-state index in [1.165, 1.54) is 11.5 Å². The standard InChI is InChI=1S/C16H17N3O3/c1-9-18-12-5-3-4-11(17)14(12)15(22)19(9)16(2)7-6-10(20)8-13(16)21/h3-5H,6-8,17H2,1-2H3/i3D,4D,5D. The summed E-state index contributed by atoms with van der Waals surface area (Å²) in [6, 6.07) is -1.17. The predicted molar refractivity (Wildman–Crippen MR) is 82.7 cm³/mol. The van der Waals surface area contributed by atoms with Crippen LogP contribution in [-0.2, 0) is 15.1 Å². The lowest BCUT2D eigenvalue weighted by Crippen LogP contribution is -2.49. The quantitative estimate of drug-likeness (QED) is 0.633. The van der Waals surface area contributed by atoms with Crippen LogP contribution in [0.3, 0.4) is 0 Å². The minimum Gasteiger partial charge on any atom is -0.398 e. The summed E-state index contributed by atoms with van der Waals surface area (Å²) in [6.45, 7) is 3.12. The van der Waals surface area contributed by atoms with Gasteiger partial charge in [-0.25, -0.2) is 4.98 Å². The van der Waals surface area contributed by atoms with Crippen LogP contribution in [0.15, 0.2) is 22.9 Å². The summed E-state index contributed by atoms with van der Waals surface area (Å²) in [6.07, 6.45) is 0.117. The Morgan fingerprint density at radius 3 is 2.77 bits per heavy atom. The van der Waals surface area contributed by atoms with Gasteiger partial charge in [0.15, 0.2) is 5.78 Å². The Bertz CT molecular complexity index is 1020. The Morgan fingerprint density at radius 2 is 2.09 bits per heavy atom. The number of nitrogens with two attached hydrogens (primary N) is 1. The van der Waals surface area contributed by atoms with Crippen molar-refractivity contribution in [3.63, 3.8) is 0 Å². The lowest BCUT2D eigenvalue weighted by atomic mass is 9.81. The Hall–Kier alpha value is -2.50. The zero-order valence-corrected chi connectivity index (χ0v) is 12.3. The van der Waals surface area contributed by atoms with Gasteiger partial charge in [-0.3, -0.25) is 19.0 Å². The molecule has 0 bridgehead atoms. The fourth-order valence-electron chi connectivity index (χ4n) is 2.98. The third-order valence-corrected chi connectivity index (χ3v) is 4.24. The number of benzene rings is 1. The molecule has 1 aliphatic carbocycles. The van der Waals surface area contributed by atoms with Crippen molar-refractivity contribution in [1.29, 1.82) is 0 Å². The van der Waals surface area contributed by atoms with Gasteiger partial charge in [-0.15, -0.1) is 0 Å². The number of hydrogen-bond donors (Lipinski definition) is 1. The number of aryl methyl sites for hydroxylation is 1. The lowest BCUT2D eigenvalue weighted by Gasteiger charge is -2.34. The fourth-order valence-corrected chi connectivity index (χ4v) is 2.98. The highest BCUT2D eigenvalue weighted by Crippen LogP contribution is 2.30. The fraction of sp³-hybridized carbons (Fsp3) is 0.375. The number of rotatable bonds is 1. The monoisotopic (exact) mass is 302 g/mol. The largest absolute Gasteiger partial charge is 0.398 e. The molecule has 22 heavy (non-hydrogen) atoms. The van der Waals surface area contributed by atoms with E-state index in [9.17, 15) is 14.4 Å². The average Bonchev–Trinajstić information content (AvgIpc) is 2.54. The van der Waals surface area contributed by atoms with Crippen LogP contribution >= 0.6 is 0 Å². The molecule has 0 aliphatic heterocycles. The third kappa shape index (κ3) is 1.94. The maximum Gasteiger partial charge on any atom is 0.264 e. The summed E-state index contributed by atoms with van der Waals surface area (Å²) in [4.78, 5) is 41.4. The Labute approximate surface area is 131 Å². The average molecular weight is 302 g/mol. The third-order valence-electron chi connectivity index (χ3n) is 4.24. The molecule has 1 aliphatic rings. The first-order chi connectivity index (χ1) is 11.6. The van der Waals surface area contributed by atoms with Crippen LogP contribution in [0, 0.1) is 6.92 Å². The molecule has 1 heterocycles. The molecule has 2 aromatic rings. The van der Waals surface area contributed by atoms with Crippen molar-refractivity contribution in [1.82, 2.24) is 9.55 Å². The van der Waals surface area contributed by atoms with Crippen LogP contribution in [0.25, 0.3) is 10.9 Å². The van der Waals surface area contributed by atoms with Gasteiger partial charge in [0.05, 0.1) is 21.4 Å². The Morgan fingerprint density at radius 1 is 1.36 bits per heavy atom. The second kappa shape index (κ2) is 4.76. The molecule has 1 aromatic heterocycles. The first-order valence-corrected chi connectivity index (χ1v) is 6.93. The van der Waals surface area contributed by atoms with Crippen molar-refractivity contribution >= 4 is 28.2 Å². The molecule has 1 atom stereocenters. The number of aromatic nitrogens is 2. The van der Waals surface area contributed by atoms with E-state index in [0.717, 1.165) is 0 Å². The molecule has 0 amide bonds. The lowest BCUT2D eigenvalue weighted by molar-refractivity contribution is -0.136. The van der Waals surface area contributed by atoms with Crippen LogP contribution in [-0.4, -0.2) is 21.1 Å². The van der Waals surface area contributed by atoms with Gasteiger partial charge in [0.25, 0.3) is 5.56 Å². The van der Waals surface area contributed by atoms with E-state index in [-0.39, 0.29) is 59.3 Å². The normalized spacial score (nSPS) is 24.2. The zero-order chi connectivity index (χ0) is 18.7. The maximum absolute atomic E-state index is 13.1. The van der Waals surface area contributed by atoms with E-state index in [1.54, 1.807) is 6.92 Å². The van der Waals surface area contributed by atoms with Gasteiger partial charge in [-0.05, 0) is 32.4 Å². The molecule has 0 radical (unpaired) electrons. The topological polar surface area (TPSA) is 95.0 Å². The second-order valence-electron chi connectivity index (χ2n) is 5.72. The molecule has 1 unspecified atom stereocenters. The summed E-state index contributed by atoms with van der Waals surface area (Å²) < 4.78 is 24.8. The summed E-state index contributed by atoms with van der Waals surface area (Å²) >= 11 is 0. The minimum absolute atomic E-state index is 0.0554. The first-order valence-electron chi connectivity index (χ1n) is 8.43. The van der Waals surface area contributed by atoms with Crippen LogP contribution in [0.1, 0.15) is 36.1 Å². The number of ketones is 2. The second-order valence-corrected chi connectivity index (χ2v) is 5.72. The zero-order valence-electron chi connectivity index (χ0n) is 15.3. The highest BCUT2D eigenvalue weighted by atomic mass is 16.2. The molecule has 1 fully saturated rings. The van der Waals surface area contributed by atoms with E-state index in [4.69, 9.17) is 9.85 Å². The molecule has 114 valence electrons. The van der Waals surface area contributed by atoms with Gasteiger partial charge in [-0.2, -0.15) is 0 Å². The Balaban J connectivity index is 2.41. The smallest absolute Gasteiger partial charge is 0.264 e. The molecule has 3 rings (SSSR count). The molecule has 1 saturated carbocycles. The van der Waals surface area contributed by atoms with Crippen molar-refractivity contribution in [2.45, 2.75) is 38.6 Å². The van der Waals surface area contributed by atoms with Crippen molar-refractivity contribution in [3.8, 4) is 0 Å². The predicted octanol–water partition coefficient (Wildman–Crippen LogP) is 1.32. The molecular formula is C16H17N3O3. The number of fused-ring (bicyclic) bond motifs is 1.